The zero-order valence-corrected chi connectivity index (χ0v) is 13.8. The predicted molar refractivity (Wildman–Crippen MR) is 89.6 cm³/mol. The Hall–Kier alpha value is -2.47. The Bertz CT molecular complexity index is 736. The van der Waals surface area contributed by atoms with Crippen LogP contribution in [0.15, 0.2) is 42.6 Å². The molecule has 1 fully saturated rings. The molecule has 1 unspecified atom stereocenters. The quantitative estimate of drug-likeness (QED) is 0.868. The smallest absolute Gasteiger partial charge is 0.257 e. The van der Waals surface area contributed by atoms with Crippen molar-refractivity contribution in [3.8, 4) is 0 Å². The third-order valence-corrected chi connectivity index (χ3v) is 4.05. The second kappa shape index (κ2) is 6.97. The molecule has 1 amide bonds. The Balaban J connectivity index is 1.83. The van der Waals surface area contributed by atoms with Gasteiger partial charge in [0, 0.05) is 32.4 Å². The van der Waals surface area contributed by atoms with Crippen molar-refractivity contribution in [2.75, 3.05) is 38.7 Å². The number of hydrogen-bond donors (Lipinski definition) is 0. The van der Waals surface area contributed by atoms with Crippen molar-refractivity contribution in [3.63, 3.8) is 0 Å². The Morgan fingerprint density at radius 2 is 2.08 bits per heavy atom. The number of hydrogen-bond acceptors (Lipinski definition) is 4. The summed E-state index contributed by atoms with van der Waals surface area (Å²) in [7, 11) is 3.70. The van der Waals surface area contributed by atoms with Gasteiger partial charge < -0.3 is 14.5 Å². The molecule has 0 spiro atoms. The second-order valence-electron chi connectivity index (χ2n) is 5.90. The molecule has 0 N–H and O–H groups in total. The second-order valence-corrected chi connectivity index (χ2v) is 5.90. The van der Waals surface area contributed by atoms with E-state index in [1.54, 1.807) is 41.4 Å². The van der Waals surface area contributed by atoms with Crippen molar-refractivity contribution < 1.29 is 13.9 Å². The van der Waals surface area contributed by atoms with E-state index < -0.39 is 6.10 Å². The average molecular weight is 329 g/mol. The van der Waals surface area contributed by atoms with E-state index in [-0.39, 0.29) is 11.7 Å². The fourth-order valence-electron chi connectivity index (χ4n) is 2.85. The van der Waals surface area contributed by atoms with E-state index in [4.69, 9.17) is 4.74 Å². The van der Waals surface area contributed by atoms with E-state index in [1.807, 2.05) is 19.0 Å². The van der Waals surface area contributed by atoms with Gasteiger partial charge in [-0.3, -0.25) is 4.79 Å². The Labute approximate surface area is 140 Å². The van der Waals surface area contributed by atoms with Crippen LogP contribution in [0.25, 0.3) is 0 Å². The topological polar surface area (TPSA) is 45.7 Å². The summed E-state index contributed by atoms with van der Waals surface area (Å²) in [5, 5.41) is 0. The molecule has 0 radical (unpaired) electrons. The van der Waals surface area contributed by atoms with Crippen molar-refractivity contribution in [2.24, 2.45) is 0 Å². The minimum absolute atomic E-state index is 0.114. The Morgan fingerprint density at radius 1 is 1.29 bits per heavy atom. The number of pyridine rings is 1. The van der Waals surface area contributed by atoms with Crippen molar-refractivity contribution in [1.82, 2.24) is 9.88 Å². The van der Waals surface area contributed by atoms with Gasteiger partial charge in [-0.1, -0.05) is 18.2 Å². The molecule has 2 aromatic rings. The maximum Gasteiger partial charge on any atom is 0.257 e. The average Bonchev–Trinajstić information content (AvgIpc) is 2.61. The highest BCUT2D eigenvalue weighted by molar-refractivity contribution is 5.98. The van der Waals surface area contributed by atoms with Crippen LogP contribution in [0.4, 0.5) is 10.2 Å². The molecule has 1 aliphatic rings. The van der Waals surface area contributed by atoms with Crippen LogP contribution in [0.5, 0.6) is 0 Å². The number of nitrogens with zero attached hydrogens (tertiary/aromatic N) is 3. The largest absolute Gasteiger partial charge is 0.370 e. The minimum atomic E-state index is -0.455. The lowest BCUT2D eigenvalue weighted by molar-refractivity contribution is -0.0242. The van der Waals surface area contributed by atoms with Gasteiger partial charge >= 0.3 is 0 Å². The first-order chi connectivity index (χ1) is 11.6. The predicted octanol–water partition coefficient (Wildman–Crippen LogP) is 2.50. The molecule has 126 valence electrons. The van der Waals surface area contributed by atoms with E-state index in [1.165, 1.54) is 6.07 Å². The van der Waals surface area contributed by atoms with Crippen LogP contribution in [-0.2, 0) is 4.74 Å². The molecule has 0 bridgehead atoms. The normalized spacial score (nSPS) is 17.6. The van der Waals surface area contributed by atoms with Crippen molar-refractivity contribution in [1.29, 1.82) is 0 Å². The van der Waals surface area contributed by atoms with Gasteiger partial charge in [-0.15, -0.1) is 0 Å². The van der Waals surface area contributed by atoms with Gasteiger partial charge in [-0.2, -0.15) is 0 Å². The molecule has 1 atom stereocenters. The number of amides is 1. The maximum atomic E-state index is 14.0. The molecule has 24 heavy (non-hydrogen) atoms. The molecule has 0 saturated carbocycles. The molecule has 1 aromatic carbocycles. The number of benzene rings is 1. The first-order valence-electron chi connectivity index (χ1n) is 7.85. The summed E-state index contributed by atoms with van der Waals surface area (Å²) in [4.78, 5) is 20.7. The van der Waals surface area contributed by atoms with Crippen LogP contribution >= 0.6 is 0 Å². The van der Waals surface area contributed by atoms with Gasteiger partial charge in [0.1, 0.15) is 17.7 Å². The number of ether oxygens (including phenoxy) is 1. The number of carbonyl (C=O) groups is 1. The summed E-state index contributed by atoms with van der Waals surface area (Å²) in [5.41, 5.74) is 1.02. The molecule has 0 aliphatic carbocycles. The Morgan fingerprint density at radius 3 is 2.83 bits per heavy atom. The van der Waals surface area contributed by atoms with Gasteiger partial charge in [-0.05, 0) is 18.2 Å². The van der Waals surface area contributed by atoms with Gasteiger partial charge in [-0.25, -0.2) is 9.37 Å². The zero-order chi connectivity index (χ0) is 17.1. The van der Waals surface area contributed by atoms with Crippen molar-refractivity contribution >= 4 is 11.7 Å². The van der Waals surface area contributed by atoms with Gasteiger partial charge in [0.05, 0.1) is 18.7 Å². The molecular formula is C18H20FN3O2. The summed E-state index contributed by atoms with van der Waals surface area (Å²) in [6.07, 6.45) is 1.21. The number of rotatable bonds is 3. The molecule has 2 heterocycles. The fourth-order valence-corrected chi connectivity index (χ4v) is 2.85. The van der Waals surface area contributed by atoms with Gasteiger partial charge in [0.15, 0.2) is 0 Å². The van der Waals surface area contributed by atoms with Gasteiger partial charge in [0.2, 0.25) is 0 Å². The van der Waals surface area contributed by atoms with Crippen molar-refractivity contribution in [3.05, 3.63) is 59.5 Å². The van der Waals surface area contributed by atoms with Crippen LogP contribution in [-0.4, -0.2) is 49.6 Å². The third-order valence-electron chi connectivity index (χ3n) is 4.05. The maximum absolute atomic E-state index is 14.0. The highest BCUT2D eigenvalue weighted by Crippen LogP contribution is 2.26. The van der Waals surface area contributed by atoms with E-state index >= 15 is 0 Å². The SMILES string of the molecule is CN(C)c1ncccc1C(=O)N1CCOC(c2ccccc2F)C1. The van der Waals surface area contributed by atoms with E-state index in [0.29, 0.717) is 36.6 Å². The molecule has 6 heteroatoms. The zero-order valence-electron chi connectivity index (χ0n) is 13.8. The number of halogens is 1. The van der Waals surface area contributed by atoms with Crippen LogP contribution in [0.2, 0.25) is 0 Å². The van der Waals surface area contributed by atoms with E-state index in [2.05, 4.69) is 4.98 Å². The molecule has 1 aliphatic heterocycles. The van der Waals surface area contributed by atoms with Crippen molar-refractivity contribution in [2.45, 2.75) is 6.10 Å². The lowest BCUT2D eigenvalue weighted by atomic mass is 10.1. The number of anilines is 1. The van der Waals surface area contributed by atoms with E-state index in [9.17, 15) is 9.18 Å². The van der Waals surface area contributed by atoms with Crippen LogP contribution in [0.1, 0.15) is 22.0 Å². The van der Waals surface area contributed by atoms with Crippen LogP contribution in [0.3, 0.4) is 0 Å². The first-order valence-corrected chi connectivity index (χ1v) is 7.85. The highest BCUT2D eigenvalue weighted by Gasteiger charge is 2.29. The lowest BCUT2D eigenvalue weighted by Gasteiger charge is -2.33. The summed E-state index contributed by atoms with van der Waals surface area (Å²) >= 11 is 0. The standard InChI is InChI=1S/C18H20FN3O2/c1-21(2)17-14(7-5-9-20-17)18(23)22-10-11-24-16(12-22)13-6-3-4-8-15(13)19/h3-9,16H,10-12H2,1-2H3. The number of aromatic nitrogens is 1. The number of carbonyl (C=O) groups excluding carboxylic acids is 1. The third kappa shape index (κ3) is 3.23. The summed E-state index contributed by atoms with van der Waals surface area (Å²) < 4.78 is 19.7. The minimum Gasteiger partial charge on any atom is -0.370 e. The summed E-state index contributed by atoms with van der Waals surface area (Å²) in [5.74, 6) is 0.194. The van der Waals surface area contributed by atoms with Gasteiger partial charge in [0.25, 0.3) is 5.91 Å². The first kappa shape index (κ1) is 16.4. The van der Waals surface area contributed by atoms with Crippen LogP contribution < -0.4 is 4.90 Å². The Kier molecular flexibility index (Phi) is 4.76. The molecular weight excluding hydrogens is 309 g/mol. The molecule has 5 nitrogen and oxygen atoms in total. The number of morpholine rings is 1. The highest BCUT2D eigenvalue weighted by atomic mass is 19.1. The fraction of sp³-hybridized carbons (Fsp3) is 0.333. The molecule has 1 saturated heterocycles. The van der Waals surface area contributed by atoms with Crippen LogP contribution in [0, 0.1) is 5.82 Å². The van der Waals surface area contributed by atoms with E-state index in [0.717, 1.165) is 0 Å². The lowest BCUT2D eigenvalue weighted by Crippen LogP contribution is -2.42. The molecule has 3 rings (SSSR count). The summed E-state index contributed by atoms with van der Waals surface area (Å²) in [6, 6.07) is 10.0. The monoisotopic (exact) mass is 329 g/mol. The summed E-state index contributed by atoms with van der Waals surface area (Å²) in [6.45, 7) is 1.18. The molecule has 1 aromatic heterocycles.